The maximum atomic E-state index is 10.3. The molecule has 1 aliphatic carbocycles. The highest BCUT2D eigenvalue weighted by Crippen LogP contribution is 2.36. The Morgan fingerprint density at radius 2 is 1.83 bits per heavy atom. The monoisotopic (exact) mass is 253 g/mol. The molecule has 1 saturated carbocycles. The highest BCUT2D eigenvalue weighted by molar-refractivity contribution is 4.90. The van der Waals surface area contributed by atoms with Gasteiger partial charge in [0.15, 0.2) is 0 Å². The van der Waals surface area contributed by atoms with Crippen LogP contribution < -0.4 is 0 Å². The predicted octanol–water partition coefficient (Wildman–Crippen LogP) is 3.44. The zero-order valence-corrected chi connectivity index (χ0v) is 12.5. The van der Waals surface area contributed by atoms with Crippen molar-refractivity contribution in [1.29, 1.82) is 0 Å². The Balaban J connectivity index is 1.90. The number of hydrogen-bond acceptors (Lipinski definition) is 2. The molecule has 0 aromatic carbocycles. The summed E-state index contributed by atoms with van der Waals surface area (Å²) >= 11 is 0. The minimum Gasteiger partial charge on any atom is -0.391 e. The van der Waals surface area contributed by atoms with E-state index in [1.165, 1.54) is 51.6 Å². The van der Waals surface area contributed by atoms with Gasteiger partial charge in [0.25, 0.3) is 0 Å². The van der Waals surface area contributed by atoms with Crippen molar-refractivity contribution >= 4 is 0 Å². The molecule has 0 aromatic rings. The van der Waals surface area contributed by atoms with E-state index in [0.717, 1.165) is 12.3 Å². The molecule has 0 aromatic heterocycles. The number of likely N-dealkylation sites (tertiary alicyclic amines) is 1. The zero-order chi connectivity index (χ0) is 13.2. The fourth-order valence-electron chi connectivity index (χ4n) is 3.74. The molecular formula is C16H31NO. The first-order valence-electron chi connectivity index (χ1n) is 7.94. The summed E-state index contributed by atoms with van der Waals surface area (Å²) in [5.41, 5.74) is 0.513. The summed E-state index contributed by atoms with van der Waals surface area (Å²) < 4.78 is 0. The van der Waals surface area contributed by atoms with Gasteiger partial charge >= 0.3 is 0 Å². The van der Waals surface area contributed by atoms with Gasteiger partial charge in [0, 0.05) is 6.04 Å². The molecule has 0 bridgehead atoms. The van der Waals surface area contributed by atoms with Gasteiger partial charge in [-0.3, -0.25) is 4.90 Å². The van der Waals surface area contributed by atoms with E-state index < -0.39 is 0 Å². The number of aliphatic hydroxyl groups is 1. The number of nitrogens with zero attached hydrogens (tertiary/aromatic N) is 1. The molecule has 106 valence electrons. The van der Waals surface area contributed by atoms with E-state index in [9.17, 15) is 5.11 Å². The minimum absolute atomic E-state index is 0.0701. The normalized spacial score (nSPS) is 37.7. The third kappa shape index (κ3) is 3.48. The van der Waals surface area contributed by atoms with Crippen molar-refractivity contribution in [2.75, 3.05) is 13.1 Å². The number of piperidine rings is 1. The van der Waals surface area contributed by atoms with Crippen molar-refractivity contribution in [1.82, 2.24) is 4.90 Å². The molecule has 3 atom stereocenters. The van der Waals surface area contributed by atoms with Crippen LogP contribution in [-0.4, -0.2) is 35.2 Å². The molecule has 2 fully saturated rings. The van der Waals surface area contributed by atoms with Crippen molar-refractivity contribution in [3.63, 3.8) is 0 Å². The van der Waals surface area contributed by atoms with Crippen LogP contribution in [0.15, 0.2) is 0 Å². The van der Waals surface area contributed by atoms with E-state index in [1.807, 2.05) is 0 Å². The summed E-state index contributed by atoms with van der Waals surface area (Å²) in [5, 5.41) is 10.3. The van der Waals surface area contributed by atoms with E-state index in [0.29, 0.717) is 11.5 Å². The molecule has 2 nitrogen and oxygen atoms in total. The molecule has 1 heterocycles. The van der Waals surface area contributed by atoms with E-state index in [-0.39, 0.29) is 6.10 Å². The molecule has 0 radical (unpaired) electrons. The molecule has 3 unspecified atom stereocenters. The van der Waals surface area contributed by atoms with Crippen LogP contribution >= 0.6 is 0 Å². The number of aliphatic hydroxyl groups excluding tert-OH is 1. The van der Waals surface area contributed by atoms with Crippen molar-refractivity contribution in [2.24, 2.45) is 11.3 Å². The van der Waals surface area contributed by atoms with E-state index in [2.05, 4.69) is 25.7 Å². The van der Waals surface area contributed by atoms with Crippen molar-refractivity contribution in [3.05, 3.63) is 0 Å². The lowest BCUT2D eigenvalue weighted by molar-refractivity contribution is -0.0206. The lowest BCUT2D eigenvalue weighted by Gasteiger charge is -2.45. The van der Waals surface area contributed by atoms with Crippen LogP contribution in [0.3, 0.4) is 0 Å². The second-order valence-electron chi connectivity index (χ2n) is 7.30. The Bertz CT molecular complexity index is 254. The third-order valence-electron chi connectivity index (χ3n) is 5.21. The summed E-state index contributed by atoms with van der Waals surface area (Å²) in [6, 6.07) is 0.450. The van der Waals surface area contributed by atoms with Crippen LogP contribution in [0.1, 0.15) is 65.7 Å². The van der Waals surface area contributed by atoms with E-state index in [4.69, 9.17) is 0 Å². The zero-order valence-electron chi connectivity index (χ0n) is 12.5. The van der Waals surface area contributed by atoms with Crippen LogP contribution in [0.2, 0.25) is 0 Å². The molecule has 1 aliphatic heterocycles. The second kappa shape index (κ2) is 5.92. The first-order chi connectivity index (χ1) is 8.52. The Hall–Kier alpha value is -0.0800. The molecule has 2 heteroatoms. The van der Waals surface area contributed by atoms with Crippen molar-refractivity contribution in [2.45, 2.75) is 77.9 Å². The first kappa shape index (κ1) is 14.3. The summed E-state index contributed by atoms with van der Waals surface area (Å²) in [6.07, 6.45) is 8.64. The molecule has 0 amide bonds. The Morgan fingerprint density at radius 3 is 2.44 bits per heavy atom. The average Bonchev–Trinajstić information content (AvgIpc) is 2.32. The van der Waals surface area contributed by atoms with E-state index >= 15 is 0 Å². The largest absolute Gasteiger partial charge is 0.391 e. The quantitative estimate of drug-likeness (QED) is 0.833. The summed E-state index contributed by atoms with van der Waals surface area (Å²) in [5.74, 6) is 0.860. The van der Waals surface area contributed by atoms with Gasteiger partial charge in [-0.05, 0) is 56.5 Å². The van der Waals surface area contributed by atoms with Crippen LogP contribution in [0.25, 0.3) is 0 Å². The van der Waals surface area contributed by atoms with Crippen LogP contribution in [0.5, 0.6) is 0 Å². The van der Waals surface area contributed by atoms with Gasteiger partial charge in [-0.2, -0.15) is 0 Å². The van der Waals surface area contributed by atoms with Gasteiger partial charge in [-0.15, -0.1) is 0 Å². The Morgan fingerprint density at radius 1 is 1.17 bits per heavy atom. The topological polar surface area (TPSA) is 23.5 Å². The standard InChI is InChI=1S/C16H31NO/c1-4-5-13-6-7-15(18)14(12-13)17-10-8-16(2,3)9-11-17/h13-15,18H,4-12H2,1-3H3. The fraction of sp³-hybridized carbons (Fsp3) is 1.00. The lowest BCUT2D eigenvalue weighted by Crippen LogP contribution is -2.51. The van der Waals surface area contributed by atoms with Crippen LogP contribution in [-0.2, 0) is 0 Å². The highest BCUT2D eigenvalue weighted by Gasteiger charge is 2.36. The predicted molar refractivity (Wildman–Crippen MR) is 76.6 cm³/mol. The minimum atomic E-state index is -0.0701. The Kier molecular flexibility index (Phi) is 4.71. The van der Waals surface area contributed by atoms with Crippen molar-refractivity contribution in [3.8, 4) is 0 Å². The molecule has 1 N–H and O–H groups in total. The van der Waals surface area contributed by atoms with Crippen molar-refractivity contribution < 1.29 is 5.11 Å². The highest BCUT2D eigenvalue weighted by atomic mass is 16.3. The first-order valence-corrected chi connectivity index (χ1v) is 7.94. The lowest BCUT2D eigenvalue weighted by atomic mass is 9.78. The maximum Gasteiger partial charge on any atom is 0.0695 e. The maximum absolute atomic E-state index is 10.3. The summed E-state index contributed by atoms with van der Waals surface area (Å²) in [6.45, 7) is 9.41. The van der Waals surface area contributed by atoms with Gasteiger partial charge in [0.05, 0.1) is 6.10 Å². The van der Waals surface area contributed by atoms with Gasteiger partial charge in [-0.25, -0.2) is 0 Å². The molecule has 2 rings (SSSR count). The molecule has 0 spiro atoms. The second-order valence-corrected chi connectivity index (χ2v) is 7.30. The van der Waals surface area contributed by atoms with Gasteiger partial charge in [-0.1, -0.05) is 33.6 Å². The van der Waals surface area contributed by atoms with Crippen LogP contribution in [0.4, 0.5) is 0 Å². The fourth-order valence-corrected chi connectivity index (χ4v) is 3.74. The molecule has 1 saturated heterocycles. The number of rotatable bonds is 3. The molecular weight excluding hydrogens is 222 g/mol. The number of hydrogen-bond donors (Lipinski definition) is 1. The molecule has 18 heavy (non-hydrogen) atoms. The third-order valence-corrected chi connectivity index (χ3v) is 5.21. The summed E-state index contributed by atoms with van der Waals surface area (Å²) in [7, 11) is 0. The van der Waals surface area contributed by atoms with Gasteiger partial charge < -0.3 is 5.11 Å². The molecule has 2 aliphatic rings. The SMILES string of the molecule is CCCC1CCC(O)C(N2CCC(C)(C)CC2)C1. The smallest absolute Gasteiger partial charge is 0.0695 e. The Labute approximate surface area is 113 Å². The summed E-state index contributed by atoms with van der Waals surface area (Å²) in [4.78, 5) is 2.58. The van der Waals surface area contributed by atoms with Gasteiger partial charge in [0.2, 0.25) is 0 Å². The van der Waals surface area contributed by atoms with Crippen LogP contribution in [0, 0.1) is 11.3 Å². The van der Waals surface area contributed by atoms with E-state index in [1.54, 1.807) is 0 Å². The van der Waals surface area contributed by atoms with Gasteiger partial charge in [0.1, 0.15) is 0 Å². The average molecular weight is 253 g/mol.